The second kappa shape index (κ2) is 10.7. The molecular weight excluding hydrogens is 130 g/mol. The van der Waals surface area contributed by atoms with Crippen molar-refractivity contribution in [2.45, 2.75) is 26.7 Å². The van der Waals surface area contributed by atoms with Crippen LogP contribution in [0.2, 0.25) is 0 Å². The van der Waals surface area contributed by atoms with Crippen LogP contribution >= 0.6 is 0 Å². The van der Waals surface area contributed by atoms with Gasteiger partial charge in [-0.05, 0) is 0 Å². The third kappa shape index (κ3) is 15.9. The highest BCUT2D eigenvalue weighted by Gasteiger charge is 1.78. The lowest BCUT2D eigenvalue weighted by Gasteiger charge is -1.82. The fourth-order valence-corrected chi connectivity index (χ4v) is 0.0707. The van der Waals surface area contributed by atoms with Crippen molar-refractivity contribution >= 4 is 5.84 Å². The van der Waals surface area contributed by atoms with Gasteiger partial charge in [0.15, 0.2) is 0 Å². The second-order valence-corrected chi connectivity index (χ2v) is 1.46. The topological polar surface area (TPSA) is 82.4 Å². The Morgan fingerprint density at radius 2 is 2.10 bits per heavy atom. The summed E-state index contributed by atoms with van der Waals surface area (Å²) in [6, 6.07) is 1.93. The molecule has 0 aromatic heterocycles. The monoisotopic (exact) mass is 143 g/mol. The van der Waals surface area contributed by atoms with Crippen molar-refractivity contribution in [2.24, 2.45) is 10.9 Å². The zero-order chi connectivity index (χ0) is 8.41. The van der Waals surface area contributed by atoms with Crippen LogP contribution in [0.1, 0.15) is 26.7 Å². The Bertz CT molecular complexity index is 125. The predicted octanol–water partition coefficient (Wildman–Crippen LogP) is 1.06. The standard InChI is InChI=1S/C3H8N2O.C3H5N/c1-2-3(4)5-6;1-2-3-4/h6H,2H2,1H3,(H2,4,5);2H2,1H3. The van der Waals surface area contributed by atoms with Gasteiger partial charge in [-0.25, -0.2) is 0 Å². The second-order valence-electron chi connectivity index (χ2n) is 1.46. The van der Waals surface area contributed by atoms with E-state index in [-0.39, 0.29) is 5.84 Å². The fourth-order valence-electron chi connectivity index (χ4n) is 0.0707. The number of rotatable bonds is 1. The van der Waals surface area contributed by atoms with Gasteiger partial charge < -0.3 is 10.9 Å². The highest BCUT2D eigenvalue weighted by Crippen LogP contribution is 1.70. The van der Waals surface area contributed by atoms with Crippen LogP contribution in [-0.2, 0) is 0 Å². The molecule has 3 N–H and O–H groups in total. The molecular formula is C6H13N3O. The third-order valence-corrected chi connectivity index (χ3v) is 0.649. The molecule has 4 heteroatoms. The Morgan fingerprint density at radius 1 is 1.70 bits per heavy atom. The first-order valence-electron chi connectivity index (χ1n) is 3.06. The van der Waals surface area contributed by atoms with Gasteiger partial charge >= 0.3 is 0 Å². The quantitative estimate of drug-likeness (QED) is 0.249. The molecule has 0 aliphatic carbocycles. The van der Waals surface area contributed by atoms with E-state index in [1.54, 1.807) is 0 Å². The lowest BCUT2D eigenvalue weighted by molar-refractivity contribution is 0.317. The van der Waals surface area contributed by atoms with Crippen molar-refractivity contribution in [3.8, 4) is 6.07 Å². The fraction of sp³-hybridized carbons (Fsp3) is 0.667. The van der Waals surface area contributed by atoms with Crippen molar-refractivity contribution < 1.29 is 5.21 Å². The van der Waals surface area contributed by atoms with Crippen molar-refractivity contribution in [3.05, 3.63) is 0 Å². The molecule has 0 bridgehead atoms. The smallest absolute Gasteiger partial charge is 0.138 e. The van der Waals surface area contributed by atoms with Crippen LogP contribution in [0, 0.1) is 11.3 Å². The lowest BCUT2D eigenvalue weighted by Crippen LogP contribution is -2.08. The molecule has 0 heterocycles. The number of hydrogen-bond acceptors (Lipinski definition) is 3. The third-order valence-electron chi connectivity index (χ3n) is 0.649. The Morgan fingerprint density at radius 3 is 2.10 bits per heavy atom. The first-order valence-corrected chi connectivity index (χ1v) is 3.06. The van der Waals surface area contributed by atoms with Crippen LogP contribution in [0.3, 0.4) is 0 Å². The van der Waals surface area contributed by atoms with Gasteiger partial charge in [-0.15, -0.1) is 0 Å². The highest BCUT2D eigenvalue weighted by molar-refractivity contribution is 5.79. The van der Waals surface area contributed by atoms with E-state index in [0.717, 1.165) is 0 Å². The Hall–Kier alpha value is -1.24. The van der Waals surface area contributed by atoms with Gasteiger partial charge in [0.2, 0.25) is 0 Å². The summed E-state index contributed by atoms with van der Waals surface area (Å²) in [5.41, 5.74) is 4.97. The molecule has 58 valence electrons. The van der Waals surface area contributed by atoms with Crippen LogP contribution in [0.5, 0.6) is 0 Å². The summed E-state index contributed by atoms with van der Waals surface area (Å²) in [5.74, 6) is 0.273. The molecule has 0 rings (SSSR count). The molecule has 0 radical (unpaired) electrons. The van der Waals surface area contributed by atoms with Crippen molar-refractivity contribution in [2.75, 3.05) is 0 Å². The predicted molar refractivity (Wildman–Crippen MR) is 39.6 cm³/mol. The first kappa shape index (κ1) is 11.5. The summed E-state index contributed by atoms with van der Waals surface area (Å²) in [7, 11) is 0. The molecule has 4 nitrogen and oxygen atoms in total. The minimum atomic E-state index is 0.273. The first-order chi connectivity index (χ1) is 4.72. The van der Waals surface area contributed by atoms with Crippen molar-refractivity contribution in [3.63, 3.8) is 0 Å². The maximum Gasteiger partial charge on any atom is 0.138 e. The average molecular weight is 143 g/mol. The lowest BCUT2D eigenvalue weighted by atomic mass is 10.5. The molecule has 0 saturated heterocycles. The Kier molecular flexibility index (Phi) is 12.3. The van der Waals surface area contributed by atoms with Crippen LogP contribution in [0.25, 0.3) is 0 Å². The Balaban J connectivity index is 0. The summed E-state index contributed by atoms with van der Waals surface area (Å²) in [6.45, 7) is 3.63. The van der Waals surface area contributed by atoms with Crippen LogP contribution in [0.15, 0.2) is 5.16 Å². The normalized spacial score (nSPS) is 9.10. The largest absolute Gasteiger partial charge is 0.409 e. The van der Waals surface area contributed by atoms with E-state index in [1.807, 2.05) is 19.9 Å². The summed E-state index contributed by atoms with van der Waals surface area (Å²) in [4.78, 5) is 0. The average Bonchev–Trinajstić information content (AvgIpc) is 2.03. The van der Waals surface area contributed by atoms with Crippen LogP contribution in [-0.4, -0.2) is 11.0 Å². The SMILES string of the molecule is CC/C(N)=N/O.CCC#N. The summed E-state index contributed by atoms with van der Waals surface area (Å²) >= 11 is 0. The summed E-state index contributed by atoms with van der Waals surface area (Å²) in [6.07, 6.45) is 1.23. The molecule has 0 amide bonds. The van der Waals surface area contributed by atoms with Crippen LogP contribution < -0.4 is 5.73 Å². The maximum absolute atomic E-state index is 7.80. The molecule has 0 unspecified atom stereocenters. The molecule has 0 aliphatic heterocycles. The van der Waals surface area contributed by atoms with E-state index in [4.69, 9.17) is 16.2 Å². The molecule has 0 saturated carbocycles. The van der Waals surface area contributed by atoms with E-state index < -0.39 is 0 Å². The number of nitrogens with zero attached hydrogens (tertiary/aromatic N) is 2. The van der Waals surface area contributed by atoms with Gasteiger partial charge in [0.25, 0.3) is 0 Å². The zero-order valence-corrected chi connectivity index (χ0v) is 6.33. The van der Waals surface area contributed by atoms with Gasteiger partial charge in [-0.2, -0.15) is 5.26 Å². The molecule has 0 spiro atoms. The molecule has 0 aliphatic rings. The number of hydrogen-bond donors (Lipinski definition) is 2. The zero-order valence-electron chi connectivity index (χ0n) is 6.33. The minimum absolute atomic E-state index is 0.273. The maximum atomic E-state index is 7.80. The van der Waals surface area contributed by atoms with E-state index in [9.17, 15) is 0 Å². The number of amidine groups is 1. The van der Waals surface area contributed by atoms with E-state index in [0.29, 0.717) is 12.8 Å². The minimum Gasteiger partial charge on any atom is -0.409 e. The summed E-state index contributed by atoms with van der Waals surface area (Å²) in [5, 5.41) is 18.1. The van der Waals surface area contributed by atoms with E-state index in [2.05, 4.69) is 5.16 Å². The van der Waals surface area contributed by atoms with Gasteiger partial charge in [0.1, 0.15) is 5.84 Å². The number of nitrogens with two attached hydrogens (primary N) is 1. The highest BCUT2D eigenvalue weighted by atomic mass is 16.4. The van der Waals surface area contributed by atoms with Gasteiger partial charge in [0.05, 0.1) is 6.07 Å². The molecule has 0 aromatic carbocycles. The molecule has 0 fully saturated rings. The van der Waals surface area contributed by atoms with Gasteiger partial charge in [0, 0.05) is 12.8 Å². The molecule has 10 heavy (non-hydrogen) atoms. The van der Waals surface area contributed by atoms with Gasteiger partial charge in [-0.3, -0.25) is 0 Å². The summed E-state index contributed by atoms with van der Waals surface area (Å²) < 4.78 is 0. The van der Waals surface area contributed by atoms with Crippen molar-refractivity contribution in [1.82, 2.24) is 0 Å². The van der Waals surface area contributed by atoms with E-state index >= 15 is 0 Å². The molecule has 0 aromatic rings. The van der Waals surface area contributed by atoms with Gasteiger partial charge in [-0.1, -0.05) is 19.0 Å². The number of oxime groups is 1. The molecule has 0 atom stereocenters. The number of nitriles is 1. The van der Waals surface area contributed by atoms with E-state index in [1.165, 1.54) is 0 Å². The van der Waals surface area contributed by atoms with Crippen molar-refractivity contribution in [1.29, 1.82) is 5.26 Å². The van der Waals surface area contributed by atoms with Crippen LogP contribution in [0.4, 0.5) is 0 Å². The Labute approximate surface area is 60.9 Å².